The van der Waals surface area contributed by atoms with Crippen molar-refractivity contribution in [1.82, 2.24) is 9.97 Å². The Hall–Kier alpha value is -2.38. The molecule has 2 aromatic rings. The van der Waals surface area contributed by atoms with Gasteiger partial charge in [-0.1, -0.05) is 6.07 Å². The van der Waals surface area contributed by atoms with E-state index in [0.29, 0.717) is 13.2 Å². The van der Waals surface area contributed by atoms with E-state index in [2.05, 4.69) is 20.2 Å². The summed E-state index contributed by atoms with van der Waals surface area (Å²) in [6.07, 6.45) is 3.30. The molecule has 0 aliphatic carbocycles. The number of rotatable bonds is 4. The van der Waals surface area contributed by atoms with Gasteiger partial charge in [-0.05, 0) is 12.1 Å². The third-order valence-electron chi connectivity index (χ3n) is 4.66. The van der Waals surface area contributed by atoms with Gasteiger partial charge >= 0.3 is 0 Å². The Bertz CT molecular complexity index is 724. The van der Waals surface area contributed by atoms with Crippen molar-refractivity contribution in [3.8, 4) is 5.75 Å². The number of benzene rings is 1. The monoisotopic (exact) mass is 342 g/mol. The van der Waals surface area contributed by atoms with Crippen molar-refractivity contribution in [2.75, 3.05) is 43.6 Å². The zero-order valence-corrected chi connectivity index (χ0v) is 14.3. The molecule has 25 heavy (non-hydrogen) atoms. The number of nitrogens with one attached hydrogen (secondary N) is 1. The maximum atomic E-state index is 5.78. The lowest BCUT2D eigenvalue weighted by atomic mass is 10.0. The molecule has 132 valence electrons. The number of hydrogen-bond donors (Lipinski definition) is 1. The van der Waals surface area contributed by atoms with Gasteiger partial charge in [-0.25, -0.2) is 9.97 Å². The van der Waals surface area contributed by atoms with Crippen molar-refractivity contribution in [3.63, 3.8) is 0 Å². The van der Waals surface area contributed by atoms with Gasteiger partial charge in [-0.15, -0.1) is 0 Å². The fraction of sp³-hybridized carbons (Fsp3) is 0.444. The highest BCUT2D eigenvalue weighted by atomic mass is 16.7. The lowest BCUT2D eigenvalue weighted by Crippen LogP contribution is -2.45. The number of anilines is 3. The predicted molar refractivity (Wildman–Crippen MR) is 94.4 cm³/mol. The van der Waals surface area contributed by atoms with Crippen molar-refractivity contribution in [1.29, 1.82) is 0 Å². The highest BCUT2D eigenvalue weighted by molar-refractivity contribution is 5.60. The molecule has 0 amide bonds. The highest BCUT2D eigenvalue weighted by Gasteiger charge is 2.40. The zero-order valence-electron chi connectivity index (χ0n) is 14.3. The second-order valence-corrected chi connectivity index (χ2v) is 6.21. The summed E-state index contributed by atoms with van der Waals surface area (Å²) < 4.78 is 16.8. The van der Waals surface area contributed by atoms with Crippen LogP contribution in [0.1, 0.15) is 12.8 Å². The van der Waals surface area contributed by atoms with Crippen molar-refractivity contribution in [3.05, 3.63) is 36.7 Å². The highest BCUT2D eigenvalue weighted by Crippen LogP contribution is 2.33. The van der Waals surface area contributed by atoms with Crippen LogP contribution in [0.2, 0.25) is 0 Å². The van der Waals surface area contributed by atoms with E-state index in [1.807, 2.05) is 30.3 Å². The molecule has 0 bridgehead atoms. The van der Waals surface area contributed by atoms with Crippen molar-refractivity contribution < 1.29 is 14.2 Å². The smallest absolute Gasteiger partial charge is 0.171 e. The molecule has 2 saturated heterocycles. The van der Waals surface area contributed by atoms with Crippen LogP contribution in [0.15, 0.2) is 36.7 Å². The Kier molecular flexibility index (Phi) is 4.42. The fourth-order valence-electron chi connectivity index (χ4n) is 3.30. The first-order chi connectivity index (χ1) is 12.3. The first kappa shape index (κ1) is 16.1. The van der Waals surface area contributed by atoms with Crippen LogP contribution in [-0.2, 0) is 9.47 Å². The number of hydrogen-bond acceptors (Lipinski definition) is 7. The summed E-state index contributed by atoms with van der Waals surface area (Å²) in [5.74, 6) is 2.10. The lowest BCUT2D eigenvalue weighted by Gasteiger charge is -2.38. The van der Waals surface area contributed by atoms with Crippen LogP contribution >= 0.6 is 0 Å². The molecule has 2 aliphatic rings. The van der Waals surface area contributed by atoms with Gasteiger partial charge in [0.25, 0.3) is 0 Å². The normalized spacial score (nSPS) is 19.2. The second kappa shape index (κ2) is 6.85. The molecule has 1 spiro atoms. The van der Waals surface area contributed by atoms with E-state index in [9.17, 15) is 0 Å². The van der Waals surface area contributed by atoms with Gasteiger partial charge in [-0.3, -0.25) is 0 Å². The van der Waals surface area contributed by atoms with Gasteiger partial charge < -0.3 is 24.4 Å². The Morgan fingerprint density at radius 2 is 1.92 bits per heavy atom. The topological polar surface area (TPSA) is 68.7 Å². The van der Waals surface area contributed by atoms with Crippen molar-refractivity contribution in [2.24, 2.45) is 0 Å². The van der Waals surface area contributed by atoms with Crippen molar-refractivity contribution >= 4 is 17.3 Å². The average molecular weight is 342 g/mol. The molecule has 0 radical (unpaired) electrons. The van der Waals surface area contributed by atoms with E-state index in [1.54, 1.807) is 13.4 Å². The summed E-state index contributed by atoms with van der Waals surface area (Å²) >= 11 is 0. The lowest BCUT2D eigenvalue weighted by molar-refractivity contribution is -0.169. The summed E-state index contributed by atoms with van der Waals surface area (Å²) in [6.45, 7) is 3.11. The van der Waals surface area contributed by atoms with Gasteiger partial charge in [0, 0.05) is 43.8 Å². The minimum Gasteiger partial charge on any atom is -0.497 e. The van der Waals surface area contributed by atoms with E-state index in [4.69, 9.17) is 14.2 Å². The van der Waals surface area contributed by atoms with Crippen molar-refractivity contribution in [2.45, 2.75) is 18.6 Å². The molecule has 1 aromatic carbocycles. The Balaban J connectivity index is 1.44. The maximum absolute atomic E-state index is 5.78. The predicted octanol–water partition coefficient (Wildman–Crippen LogP) is 2.57. The standard InChI is InChI=1S/C18H22N4O3/c1-23-15-4-2-3-14(11-15)21-16-12-17(20-13-19-16)22-7-5-18(6-8-22)24-9-10-25-18/h2-4,11-13H,5-10H2,1H3,(H,19,20,21). The first-order valence-electron chi connectivity index (χ1n) is 8.52. The SMILES string of the molecule is COc1cccc(Nc2cc(N3CCC4(CC3)OCCO4)ncn2)c1. The third kappa shape index (κ3) is 3.52. The fourth-order valence-corrected chi connectivity index (χ4v) is 3.30. The number of piperidine rings is 1. The molecule has 2 aliphatic heterocycles. The molecule has 0 atom stereocenters. The van der Waals surface area contributed by atoms with Gasteiger partial charge in [0.15, 0.2) is 5.79 Å². The van der Waals surface area contributed by atoms with Crippen LogP contribution in [0.3, 0.4) is 0 Å². The zero-order chi connectivity index (χ0) is 17.1. The van der Waals surface area contributed by atoms with Gasteiger partial charge in [-0.2, -0.15) is 0 Å². The first-order valence-corrected chi connectivity index (χ1v) is 8.52. The number of methoxy groups -OCH3 is 1. The molecule has 2 fully saturated rings. The molecule has 1 N–H and O–H groups in total. The van der Waals surface area contributed by atoms with Crippen LogP contribution in [0.25, 0.3) is 0 Å². The molecule has 4 rings (SSSR count). The minimum atomic E-state index is -0.370. The van der Waals surface area contributed by atoms with Crippen LogP contribution < -0.4 is 15.0 Å². The summed E-state index contributed by atoms with van der Waals surface area (Å²) in [6, 6.07) is 9.72. The average Bonchev–Trinajstić information content (AvgIpc) is 3.11. The Morgan fingerprint density at radius 3 is 2.68 bits per heavy atom. The van der Waals surface area contributed by atoms with Crippen LogP contribution in [0.4, 0.5) is 17.3 Å². The largest absolute Gasteiger partial charge is 0.497 e. The van der Waals surface area contributed by atoms with E-state index in [0.717, 1.165) is 49.0 Å². The third-order valence-corrected chi connectivity index (χ3v) is 4.66. The Labute approximate surface area is 146 Å². The summed E-state index contributed by atoms with van der Waals surface area (Å²) in [5.41, 5.74) is 0.925. The second-order valence-electron chi connectivity index (χ2n) is 6.21. The van der Waals surface area contributed by atoms with E-state index in [-0.39, 0.29) is 5.79 Å². The summed E-state index contributed by atoms with van der Waals surface area (Å²) in [4.78, 5) is 11.0. The number of nitrogens with zero attached hydrogens (tertiary/aromatic N) is 3. The van der Waals surface area contributed by atoms with Crippen LogP contribution in [0, 0.1) is 0 Å². The molecule has 0 unspecified atom stereocenters. The van der Waals surface area contributed by atoms with E-state index >= 15 is 0 Å². The molecule has 7 nitrogen and oxygen atoms in total. The number of ether oxygens (including phenoxy) is 3. The van der Waals surface area contributed by atoms with Gasteiger partial charge in [0.2, 0.25) is 0 Å². The summed E-state index contributed by atoms with van der Waals surface area (Å²) in [5, 5.41) is 3.30. The molecule has 0 saturated carbocycles. The molecule has 7 heteroatoms. The van der Waals surface area contributed by atoms with E-state index < -0.39 is 0 Å². The molecular formula is C18H22N4O3. The van der Waals surface area contributed by atoms with Crippen LogP contribution in [0.5, 0.6) is 5.75 Å². The minimum absolute atomic E-state index is 0.370. The molecular weight excluding hydrogens is 320 g/mol. The number of aromatic nitrogens is 2. The quantitative estimate of drug-likeness (QED) is 0.916. The Morgan fingerprint density at radius 1 is 1.12 bits per heavy atom. The van der Waals surface area contributed by atoms with Gasteiger partial charge in [0.05, 0.1) is 20.3 Å². The molecule has 3 heterocycles. The molecule has 1 aromatic heterocycles. The van der Waals surface area contributed by atoms with Gasteiger partial charge in [0.1, 0.15) is 23.7 Å². The van der Waals surface area contributed by atoms with E-state index in [1.165, 1.54) is 0 Å². The maximum Gasteiger partial charge on any atom is 0.171 e. The summed E-state index contributed by atoms with van der Waals surface area (Å²) in [7, 11) is 1.66. The van der Waals surface area contributed by atoms with Crippen LogP contribution in [-0.4, -0.2) is 49.2 Å².